The van der Waals surface area contributed by atoms with E-state index in [1.807, 2.05) is 0 Å². The van der Waals surface area contributed by atoms with E-state index in [4.69, 9.17) is 4.74 Å². The van der Waals surface area contributed by atoms with Gasteiger partial charge in [-0.25, -0.2) is 0 Å². The first kappa shape index (κ1) is 12.0. The van der Waals surface area contributed by atoms with Crippen LogP contribution < -0.4 is 5.32 Å². The summed E-state index contributed by atoms with van der Waals surface area (Å²) >= 11 is 0. The molecule has 1 N–H and O–H groups in total. The van der Waals surface area contributed by atoms with Gasteiger partial charge in [0.1, 0.15) is 0 Å². The van der Waals surface area contributed by atoms with E-state index in [0.717, 1.165) is 19.2 Å². The highest BCUT2D eigenvalue weighted by Crippen LogP contribution is 2.04. The van der Waals surface area contributed by atoms with Gasteiger partial charge in [-0.15, -0.1) is 0 Å². The summed E-state index contributed by atoms with van der Waals surface area (Å²) in [6, 6.07) is 0.723. The fraction of sp³-hybridized carbons (Fsp3) is 1.00. The quantitative estimate of drug-likeness (QED) is 0.735. The van der Waals surface area contributed by atoms with Crippen LogP contribution in [0.3, 0.4) is 0 Å². The Morgan fingerprint density at radius 1 is 1.43 bits per heavy atom. The molecule has 84 valence electrons. The molecule has 1 aliphatic heterocycles. The van der Waals surface area contributed by atoms with Crippen LogP contribution in [0.15, 0.2) is 0 Å². The lowest BCUT2D eigenvalue weighted by atomic mass is 10.1. The molecule has 0 bridgehead atoms. The molecule has 1 aliphatic rings. The van der Waals surface area contributed by atoms with Crippen molar-refractivity contribution in [3.63, 3.8) is 0 Å². The van der Waals surface area contributed by atoms with Gasteiger partial charge in [-0.3, -0.25) is 0 Å². The van der Waals surface area contributed by atoms with E-state index in [1.165, 1.54) is 38.9 Å². The van der Waals surface area contributed by atoms with Crippen molar-refractivity contribution in [1.29, 1.82) is 0 Å². The predicted molar refractivity (Wildman–Crippen MR) is 59.6 cm³/mol. The zero-order valence-electron chi connectivity index (χ0n) is 9.59. The van der Waals surface area contributed by atoms with Crippen molar-refractivity contribution in [2.75, 3.05) is 39.9 Å². The molecule has 1 fully saturated rings. The summed E-state index contributed by atoms with van der Waals surface area (Å²) in [6.45, 7) is 7.82. The van der Waals surface area contributed by atoms with E-state index < -0.39 is 0 Å². The Morgan fingerprint density at radius 2 is 2.29 bits per heavy atom. The zero-order valence-corrected chi connectivity index (χ0v) is 9.59. The van der Waals surface area contributed by atoms with Crippen molar-refractivity contribution in [2.24, 2.45) is 0 Å². The maximum absolute atomic E-state index is 5.11. The molecule has 3 nitrogen and oxygen atoms in total. The van der Waals surface area contributed by atoms with E-state index in [2.05, 4.69) is 17.1 Å². The molecule has 0 radical (unpaired) electrons. The van der Waals surface area contributed by atoms with Crippen LogP contribution in [0.5, 0.6) is 0 Å². The highest BCUT2D eigenvalue weighted by atomic mass is 16.5. The van der Waals surface area contributed by atoms with Crippen LogP contribution >= 0.6 is 0 Å². The van der Waals surface area contributed by atoms with Crippen molar-refractivity contribution < 1.29 is 4.74 Å². The molecule has 0 aromatic heterocycles. The smallest absolute Gasteiger partial charge is 0.0589 e. The van der Waals surface area contributed by atoms with Crippen molar-refractivity contribution in [3.8, 4) is 0 Å². The van der Waals surface area contributed by atoms with Crippen LogP contribution in [-0.2, 0) is 4.74 Å². The van der Waals surface area contributed by atoms with Crippen LogP contribution in [0.1, 0.15) is 26.2 Å². The van der Waals surface area contributed by atoms with Gasteiger partial charge in [0.2, 0.25) is 0 Å². The molecule has 0 aromatic carbocycles. The van der Waals surface area contributed by atoms with Gasteiger partial charge in [0.05, 0.1) is 6.61 Å². The Kier molecular flexibility index (Phi) is 6.15. The molecule has 3 heteroatoms. The summed E-state index contributed by atoms with van der Waals surface area (Å²) in [6.07, 6.45) is 3.79. The minimum Gasteiger partial charge on any atom is -0.383 e. The monoisotopic (exact) mass is 200 g/mol. The Balaban J connectivity index is 2.23. The van der Waals surface area contributed by atoms with E-state index in [-0.39, 0.29) is 0 Å². The van der Waals surface area contributed by atoms with Gasteiger partial charge < -0.3 is 15.0 Å². The lowest BCUT2D eigenvalue weighted by Gasteiger charge is -2.28. The van der Waals surface area contributed by atoms with E-state index in [9.17, 15) is 0 Å². The third-order valence-corrected chi connectivity index (χ3v) is 2.98. The first-order valence-electron chi connectivity index (χ1n) is 5.81. The molecule has 1 rings (SSSR count). The summed E-state index contributed by atoms with van der Waals surface area (Å²) in [5, 5.41) is 3.59. The van der Waals surface area contributed by atoms with Gasteiger partial charge in [-0.2, -0.15) is 0 Å². The second kappa shape index (κ2) is 7.21. The summed E-state index contributed by atoms with van der Waals surface area (Å²) in [5.74, 6) is 0. The SMILES string of the molecule is CCC1CCN(CCOC)CCCN1. The van der Waals surface area contributed by atoms with Crippen LogP contribution in [-0.4, -0.2) is 50.8 Å². The van der Waals surface area contributed by atoms with Crippen LogP contribution in [0, 0.1) is 0 Å². The van der Waals surface area contributed by atoms with E-state index in [1.54, 1.807) is 7.11 Å². The number of methoxy groups -OCH3 is 1. The first-order chi connectivity index (χ1) is 6.86. The lowest BCUT2D eigenvalue weighted by Crippen LogP contribution is -2.40. The molecule has 14 heavy (non-hydrogen) atoms. The van der Waals surface area contributed by atoms with Crippen LogP contribution in [0.2, 0.25) is 0 Å². The lowest BCUT2D eigenvalue weighted by molar-refractivity contribution is 0.139. The van der Waals surface area contributed by atoms with Crippen molar-refractivity contribution in [3.05, 3.63) is 0 Å². The Labute approximate surface area is 87.8 Å². The van der Waals surface area contributed by atoms with Gasteiger partial charge in [0.25, 0.3) is 0 Å². The van der Waals surface area contributed by atoms with Crippen LogP contribution in [0.25, 0.3) is 0 Å². The van der Waals surface area contributed by atoms with Crippen molar-refractivity contribution in [1.82, 2.24) is 10.2 Å². The highest BCUT2D eigenvalue weighted by molar-refractivity contribution is 4.72. The average Bonchev–Trinajstić information content (AvgIpc) is 2.17. The minimum atomic E-state index is 0.723. The Bertz CT molecular complexity index is 139. The van der Waals surface area contributed by atoms with Crippen molar-refractivity contribution in [2.45, 2.75) is 32.2 Å². The molecular weight excluding hydrogens is 176 g/mol. The van der Waals surface area contributed by atoms with Gasteiger partial charge in [-0.1, -0.05) is 6.92 Å². The molecule has 1 heterocycles. The number of hydrogen-bond acceptors (Lipinski definition) is 3. The summed E-state index contributed by atoms with van der Waals surface area (Å²) in [4.78, 5) is 2.52. The van der Waals surface area contributed by atoms with Gasteiger partial charge in [-0.05, 0) is 38.9 Å². The van der Waals surface area contributed by atoms with Crippen molar-refractivity contribution >= 4 is 0 Å². The number of nitrogens with one attached hydrogen (secondary N) is 1. The zero-order chi connectivity index (χ0) is 10.2. The highest BCUT2D eigenvalue weighted by Gasteiger charge is 2.12. The molecule has 0 aliphatic carbocycles. The molecule has 1 atom stereocenters. The summed E-state index contributed by atoms with van der Waals surface area (Å²) < 4.78 is 5.11. The maximum atomic E-state index is 5.11. The van der Waals surface area contributed by atoms with Gasteiger partial charge >= 0.3 is 0 Å². The minimum absolute atomic E-state index is 0.723. The second-order valence-corrected chi connectivity index (χ2v) is 4.04. The first-order valence-corrected chi connectivity index (χ1v) is 5.81. The normalized spacial score (nSPS) is 25.7. The van der Waals surface area contributed by atoms with Crippen LogP contribution in [0.4, 0.5) is 0 Å². The summed E-state index contributed by atoms with van der Waals surface area (Å²) in [7, 11) is 1.78. The summed E-state index contributed by atoms with van der Waals surface area (Å²) in [5.41, 5.74) is 0. The van der Waals surface area contributed by atoms with E-state index in [0.29, 0.717) is 0 Å². The Hall–Kier alpha value is -0.120. The predicted octanol–water partition coefficient (Wildman–Crippen LogP) is 1.10. The fourth-order valence-electron chi connectivity index (χ4n) is 1.95. The third kappa shape index (κ3) is 4.40. The number of hydrogen-bond donors (Lipinski definition) is 1. The Morgan fingerprint density at radius 3 is 3.00 bits per heavy atom. The molecular formula is C11H24N2O. The largest absolute Gasteiger partial charge is 0.383 e. The van der Waals surface area contributed by atoms with E-state index >= 15 is 0 Å². The second-order valence-electron chi connectivity index (χ2n) is 4.04. The molecule has 1 saturated heterocycles. The molecule has 0 amide bonds. The maximum Gasteiger partial charge on any atom is 0.0589 e. The van der Waals surface area contributed by atoms with Gasteiger partial charge in [0.15, 0.2) is 0 Å². The third-order valence-electron chi connectivity index (χ3n) is 2.98. The molecule has 1 unspecified atom stereocenters. The average molecular weight is 200 g/mol. The topological polar surface area (TPSA) is 24.5 Å². The molecule has 0 aromatic rings. The van der Waals surface area contributed by atoms with Gasteiger partial charge in [0, 0.05) is 19.7 Å². The molecule has 0 spiro atoms. The molecule has 0 saturated carbocycles. The number of ether oxygens (including phenoxy) is 1. The number of nitrogens with zero attached hydrogens (tertiary/aromatic N) is 1. The standard InChI is InChI=1S/C11H24N2O/c1-3-11-5-8-13(9-10-14-2)7-4-6-12-11/h11-12H,3-10H2,1-2H3. The number of rotatable bonds is 4. The fourth-order valence-corrected chi connectivity index (χ4v) is 1.95.